The lowest BCUT2D eigenvalue weighted by Crippen LogP contribution is -2.13. The van der Waals surface area contributed by atoms with Crippen molar-refractivity contribution in [2.75, 3.05) is 5.73 Å². The van der Waals surface area contributed by atoms with Gasteiger partial charge in [0.1, 0.15) is 0 Å². The van der Waals surface area contributed by atoms with E-state index in [-0.39, 0.29) is 12.3 Å². The Labute approximate surface area is 109 Å². The molecule has 0 saturated heterocycles. The number of tetrazole rings is 1. The lowest BCUT2D eigenvalue weighted by Gasteiger charge is -2.03. The van der Waals surface area contributed by atoms with E-state index in [2.05, 4.69) is 20.5 Å². The van der Waals surface area contributed by atoms with Crippen LogP contribution in [0.3, 0.4) is 0 Å². The van der Waals surface area contributed by atoms with Crippen LogP contribution in [0.4, 0.5) is 5.69 Å². The van der Waals surface area contributed by atoms with Crippen LogP contribution in [0.25, 0.3) is 0 Å². The number of rotatable bonds is 4. The third-order valence-electron chi connectivity index (χ3n) is 2.57. The minimum absolute atomic E-state index is 0.0568. The van der Waals surface area contributed by atoms with E-state index >= 15 is 0 Å². The molecule has 0 atom stereocenters. The molecule has 2 aromatic heterocycles. The number of anilines is 1. The standard InChI is InChI=1S/C10H15N7O2/c1-4-6-8(11)9(16(2)13-6)10(18)19-5-7-12-15-17(3)14-7/h4-5,11H2,1-3H3. The molecule has 2 heterocycles. The number of aromatic nitrogens is 6. The molecule has 0 aliphatic heterocycles. The fraction of sp³-hybridized carbons (Fsp3) is 0.500. The average Bonchev–Trinajstić information content (AvgIpc) is 2.90. The number of carbonyl (C=O) groups excluding carboxylic acids is 1. The summed E-state index contributed by atoms with van der Waals surface area (Å²) < 4.78 is 6.51. The summed E-state index contributed by atoms with van der Waals surface area (Å²) >= 11 is 0. The second kappa shape index (κ2) is 5.04. The molecule has 9 heteroatoms. The van der Waals surface area contributed by atoms with Gasteiger partial charge in [0.05, 0.1) is 18.4 Å². The lowest BCUT2D eigenvalue weighted by molar-refractivity contribution is 0.0450. The Kier molecular flexibility index (Phi) is 3.45. The first kappa shape index (κ1) is 13.0. The predicted molar refractivity (Wildman–Crippen MR) is 64.9 cm³/mol. The highest BCUT2D eigenvalue weighted by Gasteiger charge is 2.20. The Morgan fingerprint density at radius 3 is 2.63 bits per heavy atom. The van der Waals surface area contributed by atoms with Crippen LogP contribution in [-0.2, 0) is 31.9 Å². The number of nitrogen functional groups attached to an aromatic ring is 1. The first-order chi connectivity index (χ1) is 9.02. The predicted octanol–water partition coefficient (Wildman–Crippen LogP) is -0.555. The highest BCUT2D eigenvalue weighted by molar-refractivity contribution is 5.93. The van der Waals surface area contributed by atoms with Crippen molar-refractivity contribution in [3.8, 4) is 0 Å². The Morgan fingerprint density at radius 1 is 1.37 bits per heavy atom. The molecule has 0 aliphatic rings. The van der Waals surface area contributed by atoms with Gasteiger partial charge in [0.2, 0.25) is 5.82 Å². The van der Waals surface area contributed by atoms with E-state index in [1.807, 2.05) is 6.92 Å². The molecular formula is C10H15N7O2. The fourth-order valence-corrected chi connectivity index (χ4v) is 1.68. The van der Waals surface area contributed by atoms with Crippen LogP contribution in [0.1, 0.15) is 28.9 Å². The van der Waals surface area contributed by atoms with Crippen molar-refractivity contribution in [3.05, 3.63) is 17.2 Å². The Hall–Kier alpha value is -2.45. The van der Waals surface area contributed by atoms with Crippen molar-refractivity contribution >= 4 is 11.7 Å². The molecule has 9 nitrogen and oxygen atoms in total. The first-order valence-corrected chi connectivity index (χ1v) is 5.74. The van der Waals surface area contributed by atoms with Gasteiger partial charge in [-0.1, -0.05) is 6.92 Å². The summed E-state index contributed by atoms with van der Waals surface area (Å²) in [6, 6.07) is 0. The van der Waals surface area contributed by atoms with Gasteiger partial charge in [0, 0.05) is 7.05 Å². The third kappa shape index (κ3) is 2.54. The van der Waals surface area contributed by atoms with Gasteiger partial charge in [0.25, 0.3) is 0 Å². The van der Waals surface area contributed by atoms with Gasteiger partial charge in [-0.25, -0.2) is 4.79 Å². The Balaban J connectivity index is 2.10. The molecule has 0 saturated carbocycles. The second-order valence-corrected chi connectivity index (χ2v) is 3.96. The maximum atomic E-state index is 11.9. The van der Waals surface area contributed by atoms with E-state index in [4.69, 9.17) is 10.5 Å². The van der Waals surface area contributed by atoms with Gasteiger partial charge in [-0.05, 0) is 11.6 Å². The van der Waals surface area contributed by atoms with Crippen LogP contribution >= 0.6 is 0 Å². The van der Waals surface area contributed by atoms with Crippen molar-refractivity contribution < 1.29 is 9.53 Å². The van der Waals surface area contributed by atoms with E-state index in [1.165, 1.54) is 9.48 Å². The van der Waals surface area contributed by atoms with Gasteiger partial charge in [0.15, 0.2) is 12.3 Å². The molecule has 2 aromatic rings. The van der Waals surface area contributed by atoms with Gasteiger partial charge in [-0.15, -0.1) is 10.2 Å². The maximum Gasteiger partial charge on any atom is 0.359 e. The second-order valence-electron chi connectivity index (χ2n) is 3.96. The van der Waals surface area contributed by atoms with Crippen LogP contribution in [0, 0.1) is 0 Å². The van der Waals surface area contributed by atoms with Crippen LogP contribution in [0.5, 0.6) is 0 Å². The van der Waals surface area contributed by atoms with E-state index in [0.717, 1.165) is 0 Å². The van der Waals surface area contributed by atoms with Crippen molar-refractivity contribution in [2.45, 2.75) is 20.0 Å². The average molecular weight is 265 g/mol. The quantitative estimate of drug-likeness (QED) is 0.737. The minimum atomic E-state index is -0.556. The zero-order chi connectivity index (χ0) is 14.0. The molecule has 0 spiro atoms. The van der Waals surface area contributed by atoms with Crippen LogP contribution < -0.4 is 5.73 Å². The number of ether oxygens (including phenoxy) is 1. The van der Waals surface area contributed by atoms with E-state index in [1.54, 1.807) is 14.1 Å². The molecule has 0 aliphatic carbocycles. The molecule has 0 radical (unpaired) electrons. The number of nitrogens with two attached hydrogens (primary N) is 1. The van der Waals surface area contributed by atoms with Gasteiger partial charge in [-0.3, -0.25) is 4.68 Å². The minimum Gasteiger partial charge on any atom is -0.453 e. The number of aryl methyl sites for hydroxylation is 3. The summed E-state index contributed by atoms with van der Waals surface area (Å²) in [5.74, 6) is -0.230. The largest absolute Gasteiger partial charge is 0.453 e. The molecule has 2 rings (SSSR count). The molecule has 2 N–H and O–H groups in total. The zero-order valence-electron chi connectivity index (χ0n) is 11.0. The Morgan fingerprint density at radius 2 is 2.11 bits per heavy atom. The first-order valence-electron chi connectivity index (χ1n) is 5.74. The molecule has 0 aromatic carbocycles. The number of hydrogen-bond donors (Lipinski definition) is 1. The van der Waals surface area contributed by atoms with Gasteiger partial charge >= 0.3 is 5.97 Å². The highest BCUT2D eigenvalue weighted by atomic mass is 16.5. The molecular weight excluding hydrogens is 250 g/mol. The van der Waals surface area contributed by atoms with Gasteiger partial charge in [-0.2, -0.15) is 9.90 Å². The van der Waals surface area contributed by atoms with Crippen molar-refractivity contribution in [1.82, 2.24) is 30.0 Å². The van der Waals surface area contributed by atoms with Crippen molar-refractivity contribution in [1.29, 1.82) is 0 Å². The molecule has 0 bridgehead atoms. The fourth-order valence-electron chi connectivity index (χ4n) is 1.68. The van der Waals surface area contributed by atoms with Crippen LogP contribution in [0.2, 0.25) is 0 Å². The van der Waals surface area contributed by atoms with Crippen LogP contribution in [0.15, 0.2) is 0 Å². The number of carbonyl (C=O) groups is 1. The normalized spacial score (nSPS) is 10.7. The number of esters is 1. The highest BCUT2D eigenvalue weighted by Crippen LogP contribution is 2.18. The van der Waals surface area contributed by atoms with E-state index in [0.29, 0.717) is 23.6 Å². The van der Waals surface area contributed by atoms with Gasteiger partial charge < -0.3 is 10.5 Å². The summed E-state index contributed by atoms with van der Waals surface area (Å²) in [6.07, 6.45) is 0.651. The summed E-state index contributed by atoms with van der Waals surface area (Å²) in [7, 11) is 3.28. The summed E-state index contributed by atoms with van der Waals surface area (Å²) in [5, 5.41) is 15.4. The molecule has 0 unspecified atom stereocenters. The van der Waals surface area contributed by atoms with Crippen molar-refractivity contribution in [2.24, 2.45) is 14.1 Å². The van der Waals surface area contributed by atoms with Crippen LogP contribution in [-0.4, -0.2) is 36.0 Å². The summed E-state index contributed by atoms with van der Waals surface area (Å²) in [4.78, 5) is 13.2. The maximum absolute atomic E-state index is 11.9. The monoisotopic (exact) mass is 265 g/mol. The van der Waals surface area contributed by atoms with E-state index < -0.39 is 5.97 Å². The molecule has 0 fully saturated rings. The SMILES string of the molecule is CCc1nn(C)c(C(=O)OCc2nnn(C)n2)c1N. The topological polar surface area (TPSA) is 114 Å². The smallest absolute Gasteiger partial charge is 0.359 e. The molecule has 0 amide bonds. The molecule has 102 valence electrons. The van der Waals surface area contributed by atoms with Crippen molar-refractivity contribution in [3.63, 3.8) is 0 Å². The third-order valence-corrected chi connectivity index (χ3v) is 2.57. The lowest BCUT2D eigenvalue weighted by atomic mass is 10.2. The van der Waals surface area contributed by atoms with E-state index in [9.17, 15) is 4.79 Å². The summed E-state index contributed by atoms with van der Waals surface area (Å²) in [5.41, 5.74) is 7.12. The zero-order valence-corrected chi connectivity index (χ0v) is 11.0. The number of nitrogens with zero attached hydrogens (tertiary/aromatic N) is 6. The Bertz CT molecular complexity index is 601. The number of hydrogen-bond acceptors (Lipinski definition) is 7. The molecule has 19 heavy (non-hydrogen) atoms. The summed E-state index contributed by atoms with van der Waals surface area (Å²) in [6.45, 7) is 1.86.